The van der Waals surface area contributed by atoms with Crippen molar-refractivity contribution in [3.63, 3.8) is 0 Å². The van der Waals surface area contributed by atoms with Crippen molar-refractivity contribution in [2.75, 3.05) is 13.6 Å². The van der Waals surface area contributed by atoms with Crippen LogP contribution in [0.25, 0.3) is 0 Å². The molecule has 0 atom stereocenters. The van der Waals surface area contributed by atoms with Crippen molar-refractivity contribution in [3.05, 3.63) is 11.6 Å². The normalized spacial score (nSPS) is 13.3. The lowest BCUT2D eigenvalue weighted by atomic mass is 10.1. The van der Waals surface area contributed by atoms with Crippen molar-refractivity contribution in [2.24, 2.45) is 10.8 Å². The third kappa shape index (κ3) is 3.53. The minimum Gasteiger partial charge on any atom is -0.330 e. The molecule has 0 aromatic carbocycles. The van der Waals surface area contributed by atoms with Gasteiger partial charge in [-0.05, 0) is 25.5 Å². The molecule has 0 unspecified atom stereocenters. The molecular weight excluding hydrogens is 150 g/mol. The van der Waals surface area contributed by atoms with Crippen molar-refractivity contribution < 1.29 is 0 Å². The molecule has 3 nitrogen and oxygen atoms in total. The van der Waals surface area contributed by atoms with Gasteiger partial charge in [-0.15, -0.1) is 0 Å². The molecule has 3 heteroatoms. The zero-order valence-corrected chi connectivity index (χ0v) is 8.22. The largest absolute Gasteiger partial charge is 0.330 e. The van der Waals surface area contributed by atoms with E-state index in [1.54, 1.807) is 7.05 Å². The Morgan fingerprint density at radius 1 is 1.58 bits per heavy atom. The van der Waals surface area contributed by atoms with Crippen LogP contribution < -0.4 is 11.2 Å². The Hall–Kier alpha value is -0.830. The first-order chi connectivity index (χ1) is 5.79. The van der Waals surface area contributed by atoms with Gasteiger partial charge < -0.3 is 11.2 Å². The van der Waals surface area contributed by atoms with E-state index in [1.165, 1.54) is 5.57 Å². The molecule has 12 heavy (non-hydrogen) atoms. The van der Waals surface area contributed by atoms with E-state index < -0.39 is 0 Å². The SMILES string of the molecule is C/C=C(CC)\C(CCN)=N/NC. The van der Waals surface area contributed by atoms with Gasteiger partial charge in [0, 0.05) is 13.5 Å². The first-order valence-corrected chi connectivity index (χ1v) is 4.39. The van der Waals surface area contributed by atoms with E-state index >= 15 is 0 Å². The lowest BCUT2D eigenvalue weighted by Gasteiger charge is -2.06. The van der Waals surface area contributed by atoms with Gasteiger partial charge in [0.05, 0.1) is 5.71 Å². The summed E-state index contributed by atoms with van der Waals surface area (Å²) in [5, 5.41) is 4.17. The summed E-state index contributed by atoms with van der Waals surface area (Å²) in [5.74, 6) is 0. The van der Waals surface area contributed by atoms with E-state index in [0.717, 1.165) is 18.6 Å². The number of hydrogen-bond donors (Lipinski definition) is 2. The number of nitrogens with two attached hydrogens (primary N) is 1. The molecule has 0 aliphatic carbocycles. The Bertz CT molecular complexity index is 171. The molecule has 0 bridgehead atoms. The van der Waals surface area contributed by atoms with Gasteiger partial charge in [-0.1, -0.05) is 13.0 Å². The molecule has 0 saturated heterocycles. The maximum absolute atomic E-state index is 5.47. The molecule has 0 aliphatic heterocycles. The Labute approximate surface area is 74.7 Å². The summed E-state index contributed by atoms with van der Waals surface area (Å²) in [4.78, 5) is 0. The van der Waals surface area contributed by atoms with Crippen molar-refractivity contribution in [3.8, 4) is 0 Å². The summed E-state index contributed by atoms with van der Waals surface area (Å²) in [6, 6.07) is 0. The van der Waals surface area contributed by atoms with E-state index in [1.807, 2.05) is 6.92 Å². The van der Waals surface area contributed by atoms with Gasteiger partial charge in [0.15, 0.2) is 0 Å². The van der Waals surface area contributed by atoms with Crippen LogP contribution in [0, 0.1) is 0 Å². The Balaban J connectivity index is 4.38. The summed E-state index contributed by atoms with van der Waals surface area (Å²) >= 11 is 0. The molecule has 0 aliphatic rings. The molecule has 0 spiro atoms. The summed E-state index contributed by atoms with van der Waals surface area (Å²) in [6.07, 6.45) is 3.94. The van der Waals surface area contributed by atoms with Gasteiger partial charge in [-0.2, -0.15) is 5.10 Å². The van der Waals surface area contributed by atoms with Crippen LogP contribution in [0.1, 0.15) is 26.7 Å². The molecule has 0 rings (SSSR count). The Morgan fingerprint density at radius 2 is 2.25 bits per heavy atom. The smallest absolute Gasteiger partial charge is 0.0643 e. The highest BCUT2D eigenvalue weighted by atomic mass is 15.3. The highest BCUT2D eigenvalue weighted by Crippen LogP contribution is 2.05. The predicted octanol–water partition coefficient (Wildman–Crippen LogP) is 1.27. The van der Waals surface area contributed by atoms with Crippen LogP contribution in [0.15, 0.2) is 16.8 Å². The second-order valence-electron chi connectivity index (χ2n) is 2.49. The number of hydrogen-bond acceptors (Lipinski definition) is 3. The topological polar surface area (TPSA) is 50.4 Å². The van der Waals surface area contributed by atoms with Crippen LogP contribution in [0.2, 0.25) is 0 Å². The van der Waals surface area contributed by atoms with Gasteiger partial charge >= 0.3 is 0 Å². The lowest BCUT2D eigenvalue weighted by molar-refractivity contribution is 0.878. The molecule has 0 radical (unpaired) electrons. The van der Waals surface area contributed by atoms with Crippen LogP contribution in [-0.4, -0.2) is 19.3 Å². The molecule has 0 aromatic heterocycles. The van der Waals surface area contributed by atoms with Crippen LogP contribution in [0.5, 0.6) is 0 Å². The van der Waals surface area contributed by atoms with Gasteiger partial charge in [-0.3, -0.25) is 0 Å². The molecule has 0 saturated carbocycles. The molecular formula is C9H19N3. The number of hydrazone groups is 1. The van der Waals surface area contributed by atoms with Gasteiger partial charge in [0.2, 0.25) is 0 Å². The average molecular weight is 169 g/mol. The van der Waals surface area contributed by atoms with E-state index in [4.69, 9.17) is 5.73 Å². The molecule has 3 N–H and O–H groups in total. The highest BCUT2D eigenvalue weighted by Gasteiger charge is 2.02. The molecule has 0 aromatic rings. The number of rotatable bonds is 5. The first kappa shape index (κ1) is 11.2. The van der Waals surface area contributed by atoms with Crippen LogP contribution in [-0.2, 0) is 0 Å². The van der Waals surface area contributed by atoms with E-state index in [-0.39, 0.29) is 0 Å². The fourth-order valence-corrected chi connectivity index (χ4v) is 1.13. The summed E-state index contributed by atoms with van der Waals surface area (Å²) in [7, 11) is 1.81. The zero-order valence-electron chi connectivity index (χ0n) is 8.22. The molecule has 70 valence electrons. The fraction of sp³-hybridized carbons (Fsp3) is 0.667. The van der Waals surface area contributed by atoms with Crippen LogP contribution in [0.4, 0.5) is 0 Å². The summed E-state index contributed by atoms with van der Waals surface area (Å²) in [6.45, 7) is 4.80. The minimum absolute atomic E-state index is 0.651. The second-order valence-corrected chi connectivity index (χ2v) is 2.49. The van der Waals surface area contributed by atoms with E-state index in [2.05, 4.69) is 23.5 Å². The predicted molar refractivity (Wildman–Crippen MR) is 54.2 cm³/mol. The number of nitrogens with zero attached hydrogens (tertiary/aromatic N) is 1. The Morgan fingerprint density at radius 3 is 2.58 bits per heavy atom. The standard InChI is InChI=1S/C9H19N3/c1-4-8(5-2)9(6-7-10)12-11-3/h4,11H,5-7,10H2,1-3H3/b8-4-,12-9-. The minimum atomic E-state index is 0.651. The molecule has 0 amide bonds. The van der Waals surface area contributed by atoms with Gasteiger partial charge in [0.25, 0.3) is 0 Å². The van der Waals surface area contributed by atoms with Crippen molar-refractivity contribution in [2.45, 2.75) is 26.7 Å². The van der Waals surface area contributed by atoms with Gasteiger partial charge in [0.1, 0.15) is 0 Å². The van der Waals surface area contributed by atoms with Crippen LogP contribution in [0.3, 0.4) is 0 Å². The van der Waals surface area contributed by atoms with Crippen molar-refractivity contribution >= 4 is 5.71 Å². The van der Waals surface area contributed by atoms with Crippen molar-refractivity contribution in [1.82, 2.24) is 5.43 Å². The number of allylic oxidation sites excluding steroid dienone is 2. The zero-order chi connectivity index (χ0) is 9.40. The third-order valence-electron chi connectivity index (χ3n) is 1.73. The quantitative estimate of drug-likeness (QED) is 0.481. The van der Waals surface area contributed by atoms with Crippen molar-refractivity contribution in [1.29, 1.82) is 0 Å². The molecule has 0 fully saturated rings. The maximum atomic E-state index is 5.47. The summed E-state index contributed by atoms with van der Waals surface area (Å²) < 4.78 is 0. The first-order valence-electron chi connectivity index (χ1n) is 4.39. The monoisotopic (exact) mass is 169 g/mol. The maximum Gasteiger partial charge on any atom is 0.0643 e. The third-order valence-corrected chi connectivity index (χ3v) is 1.73. The number of nitrogens with one attached hydrogen (secondary N) is 1. The lowest BCUT2D eigenvalue weighted by Crippen LogP contribution is -2.13. The Kier molecular flexibility index (Phi) is 6.38. The molecule has 0 heterocycles. The fourth-order valence-electron chi connectivity index (χ4n) is 1.13. The van der Waals surface area contributed by atoms with E-state index in [9.17, 15) is 0 Å². The summed E-state index contributed by atoms with van der Waals surface area (Å²) in [5.41, 5.74) is 10.6. The van der Waals surface area contributed by atoms with E-state index in [0.29, 0.717) is 6.54 Å². The second kappa shape index (κ2) is 6.85. The highest BCUT2D eigenvalue weighted by molar-refractivity contribution is 5.99. The van der Waals surface area contributed by atoms with Gasteiger partial charge in [-0.25, -0.2) is 0 Å². The van der Waals surface area contributed by atoms with Crippen LogP contribution >= 0.6 is 0 Å². The average Bonchev–Trinajstić information content (AvgIpc) is 2.07.